The molecule has 1 aliphatic rings. The van der Waals surface area contributed by atoms with Gasteiger partial charge in [-0.1, -0.05) is 0 Å². The molecule has 0 bridgehead atoms. The summed E-state index contributed by atoms with van der Waals surface area (Å²) in [7, 11) is 1.88. The van der Waals surface area contributed by atoms with E-state index in [4.69, 9.17) is 0 Å². The quantitative estimate of drug-likeness (QED) is 0.447. The average molecular weight is 143 g/mol. The van der Waals surface area contributed by atoms with E-state index in [0.29, 0.717) is 19.1 Å². The van der Waals surface area contributed by atoms with Gasteiger partial charge in [0.25, 0.3) is 0 Å². The smallest absolute Gasteiger partial charge is 0.222 e. The number of amides is 1. The van der Waals surface area contributed by atoms with Crippen LogP contribution in [-0.2, 0) is 4.79 Å². The van der Waals surface area contributed by atoms with Crippen LogP contribution >= 0.6 is 0 Å². The Hall–Kier alpha value is -0.610. The van der Waals surface area contributed by atoms with Crippen LogP contribution < -0.4 is 16.0 Å². The molecule has 3 N–H and O–H groups in total. The van der Waals surface area contributed by atoms with Crippen molar-refractivity contribution in [2.45, 2.75) is 12.5 Å². The average Bonchev–Trinajstić information content (AvgIpc) is 1.88. The van der Waals surface area contributed by atoms with Crippen LogP contribution in [0.2, 0.25) is 0 Å². The van der Waals surface area contributed by atoms with Crippen molar-refractivity contribution in [1.29, 1.82) is 0 Å². The van der Waals surface area contributed by atoms with Gasteiger partial charge in [-0.2, -0.15) is 0 Å². The van der Waals surface area contributed by atoms with Crippen molar-refractivity contribution in [3.05, 3.63) is 0 Å². The first-order valence-electron chi connectivity index (χ1n) is 3.47. The van der Waals surface area contributed by atoms with Gasteiger partial charge >= 0.3 is 0 Å². The van der Waals surface area contributed by atoms with Crippen molar-refractivity contribution in [1.82, 2.24) is 16.0 Å². The van der Waals surface area contributed by atoms with Gasteiger partial charge in [0.1, 0.15) is 0 Å². The van der Waals surface area contributed by atoms with E-state index in [-0.39, 0.29) is 5.91 Å². The summed E-state index contributed by atoms with van der Waals surface area (Å²) in [5.74, 6) is 0.138. The van der Waals surface area contributed by atoms with Gasteiger partial charge in [0.2, 0.25) is 5.91 Å². The molecule has 1 saturated heterocycles. The second-order valence-electron chi connectivity index (χ2n) is 2.44. The summed E-state index contributed by atoms with van der Waals surface area (Å²) >= 11 is 0. The van der Waals surface area contributed by atoms with Crippen molar-refractivity contribution in [3.8, 4) is 0 Å². The van der Waals surface area contributed by atoms with Gasteiger partial charge in [0, 0.05) is 19.0 Å². The van der Waals surface area contributed by atoms with Crippen LogP contribution in [0.1, 0.15) is 6.42 Å². The minimum Gasteiger partial charge on any atom is -0.343 e. The molecule has 4 heteroatoms. The normalized spacial score (nSPS) is 26.1. The Labute approximate surface area is 60.4 Å². The highest BCUT2D eigenvalue weighted by Gasteiger charge is 2.16. The van der Waals surface area contributed by atoms with Gasteiger partial charge in [-0.25, -0.2) is 0 Å². The number of rotatable bonds is 2. The lowest BCUT2D eigenvalue weighted by atomic mass is 10.2. The molecule has 1 amide bonds. The second-order valence-corrected chi connectivity index (χ2v) is 2.44. The van der Waals surface area contributed by atoms with Crippen molar-refractivity contribution in [2.24, 2.45) is 0 Å². The Balaban J connectivity index is 2.25. The van der Waals surface area contributed by atoms with Crippen LogP contribution in [-0.4, -0.2) is 32.2 Å². The predicted molar refractivity (Wildman–Crippen MR) is 38.5 cm³/mol. The fourth-order valence-corrected chi connectivity index (χ4v) is 1.05. The van der Waals surface area contributed by atoms with E-state index in [2.05, 4.69) is 16.0 Å². The Morgan fingerprint density at radius 2 is 2.60 bits per heavy atom. The summed E-state index contributed by atoms with van der Waals surface area (Å²) < 4.78 is 0. The third kappa shape index (κ3) is 1.97. The Morgan fingerprint density at radius 1 is 1.80 bits per heavy atom. The highest BCUT2D eigenvalue weighted by Crippen LogP contribution is 1.93. The van der Waals surface area contributed by atoms with Gasteiger partial charge in [-0.3, -0.25) is 10.1 Å². The number of hydrogen-bond donors (Lipinski definition) is 3. The van der Waals surface area contributed by atoms with Gasteiger partial charge in [0.05, 0.1) is 6.67 Å². The predicted octanol–water partition coefficient (Wildman–Crippen LogP) is -1.36. The summed E-state index contributed by atoms with van der Waals surface area (Å²) in [6, 6.07) is 0.304. The Morgan fingerprint density at radius 3 is 3.20 bits per heavy atom. The van der Waals surface area contributed by atoms with E-state index in [1.165, 1.54) is 0 Å². The van der Waals surface area contributed by atoms with Gasteiger partial charge < -0.3 is 10.6 Å². The molecule has 10 heavy (non-hydrogen) atoms. The van der Waals surface area contributed by atoms with Crippen LogP contribution in [0.15, 0.2) is 0 Å². The van der Waals surface area contributed by atoms with Gasteiger partial charge in [-0.15, -0.1) is 0 Å². The third-order valence-electron chi connectivity index (χ3n) is 1.56. The molecular formula is C6H13N3O. The highest BCUT2D eigenvalue weighted by molar-refractivity contribution is 5.77. The molecule has 0 spiro atoms. The fraction of sp³-hybridized carbons (Fsp3) is 0.833. The van der Waals surface area contributed by atoms with E-state index in [1.807, 2.05) is 7.05 Å². The van der Waals surface area contributed by atoms with Gasteiger partial charge in [-0.05, 0) is 7.05 Å². The first-order chi connectivity index (χ1) is 4.83. The first kappa shape index (κ1) is 7.50. The van der Waals surface area contributed by atoms with E-state index in [1.54, 1.807) is 0 Å². The molecule has 1 rings (SSSR count). The molecule has 0 aromatic heterocycles. The molecule has 0 aromatic carbocycles. The molecule has 1 aliphatic heterocycles. The van der Waals surface area contributed by atoms with E-state index < -0.39 is 0 Å². The zero-order valence-corrected chi connectivity index (χ0v) is 6.11. The van der Waals surface area contributed by atoms with Crippen molar-refractivity contribution in [3.63, 3.8) is 0 Å². The number of hydrogen-bond acceptors (Lipinski definition) is 3. The maximum absolute atomic E-state index is 10.8. The maximum atomic E-state index is 10.8. The molecule has 1 heterocycles. The van der Waals surface area contributed by atoms with Gasteiger partial charge in [0.15, 0.2) is 0 Å². The minimum absolute atomic E-state index is 0.138. The van der Waals surface area contributed by atoms with Crippen molar-refractivity contribution in [2.75, 3.05) is 20.3 Å². The van der Waals surface area contributed by atoms with E-state index in [9.17, 15) is 4.79 Å². The van der Waals surface area contributed by atoms with E-state index >= 15 is 0 Å². The topological polar surface area (TPSA) is 53.2 Å². The lowest BCUT2D eigenvalue weighted by Crippen LogP contribution is -2.51. The van der Waals surface area contributed by atoms with Crippen LogP contribution in [0.5, 0.6) is 0 Å². The molecule has 4 nitrogen and oxygen atoms in total. The van der Waals surface area contributed by atoms with Crippen LogP contribution in [0.25, 0.3) is 0 Å². The zero-order valence-electron chi connectivity index (χ0n) is 6.11. The molecule has 0 radical (unpaired) electrons. The SMILES string of the molecule is CNCC1CC(=O)NCN1. The molecule has 0 aliphatic carbocycles. The lowest BCUT2D eigenvalue weighted by molar-refractivity contribution is -0.123. The highest BCUT2D eigenvalue weighted by atomic mass is 16.1. The number of carbonyl (C=O) groups excluding carboxylic acids is 1. The van der Waals surface area contributed by atoms with Crippen molar-refractivity contribution < 1.29 is 4.79 Å². The first-order valence-corrected chi connectivity index (χ1v) is 3.47. The summed E-state index contributed by atoms with van der Waals surface area (Å²) in [6.07, 6.45) is 0.584. The molecule has 1 fully saturated rings. The van der Waals surface area contributed by atoms with Crippen molar-refractivity contribution >= 4 is 5.91 Å². The summed E-state index contributed by atoms with van der Waals surface area (Å²) in [6.45, 7) is 1.46. The summed E-state index contributed by atoms with van der Waals surface area (Å²) in [5, 5.41) is 8.86. The minimum atomic E-state index is 0.138. The molecule has 1 unspecified atom stereocenters. The third-order valence-corrected chi connectivity index (χ3v) is 1.56. The standard InChI is InChI=1S/C6H13N3O/c1-7-3-5-2-6(10)9-4-8-5/h5,7-8H,2-4H2,1H3,(H,9,10). The summed E-state index contributed by atoms with van der Waals surface area (Å²) in [5.41, 5.74) is 0. The Bertz CT molecular complexity index is 124. The number of likely N-dealkylation sites (N-methyl/N-ethyl adjacent to an activating group) is 1. The largest absolute Gasteiger partial charge is 0.343 e. The van der Waals surface area contributed by atoms with Crippen LogP contribution in [0.4, 0.5) is 0 Å². The molecular weight excluding hydrogens is 130 g/mol. The Kier molecular flexibility index (Phi) is 2.65. The second kappa shape index (κ2) is 3.53. The molecule has 58 valence electrons. The number of nitrogens with one attached hydrogen (secondary N) is 3. The number of carbonyl (C=O) groups is 1. The molecule has 0 saturated carbocycles. The zero-order chi connectivity index (χ0) is 7.40. The van der Waals surface area contributed by atoms with E-state index in [0.717, 1.165) is 6.54 Å². The van der Waals surface area contributed by atoms with Crippen LogP contribution in [0, 0.1) is 0 Å². The molecule has 1 atom stereocenters. The van der Waals surface area contributed by atoms with Crippen LogP contribution in [0.3, 0.4) is 0 Å². The maximum Gasteiger partial charge on any atom is 0.222 e. The fourth-order valence-electron chi connectivity index (χ4n) is 1.05. The molecule has 0 aromatic rings. The summed E-state index contributed by atoms with van der Waals surface area (Å²) in [4.78, 5) is 10.8. The monoisotopic (exact) mass is 143 g/mol. The lowest BCUT2D eigenvalue weighted by Gasteiger charge is -2.23.